The van der Waals surface area contributed by atoms with Crippen molar-refractivity contribution < 1.29 is 17.6 Å². The minimum absolute atomic E-state index is 0.142. The van der Waals surface area contributed by atoms with Crippen LogP contribution >= 0.6 is 0 Å². The molecule has 5 nitrogen and oxygen atoms in total. The second kappa shape index (κ2) is 7.55. The molecule has 0 bridgehead atoms. The van der Waals surface area contributed by atoms with Crippen molar-refractivity contribution in [2.24, 2.45) is 0 Å². The Balaban J connectivity index is 1.64. The fraction of sp³-hybridized carbons (Fsp3) is 0.350. The molecule has 0 spiro atoms. The van der Waals surface area contributed by atoms with E-state index in [4.69, 9.17) is 0 Å². The van der Waals surface area contributed by atoms with Crippen molar-refractivity contribution in [3.63, 3.8) is 0 Å². The van der Waals surface area contributed by atoms with Gasteiger partial charge < -0.3 is 5.32 Å². The van der Waals surface area contributed by atoms with E-state index in [1.807, 2.05) is 7.05 Å². The highest BCUT2D eigenvalue weighted by molar-refractivity contribution is 5.36. The maximum absolute atomic E-state index is 13.7. The number of hydrogen-bond donors (Lipinski definition) is 1. The molecule has 0 saturated carbocycles. The molecule has 2 heterocycles. The highest BCUT2D eigenvalue weighted by atomic mass is 19.4. The average molecular weight is 405 g/mol. The van der Waals surface area contributed by atoms with Gasteiger partial charge in [0.2, 0.25) is 0 Å². The van der Waals surface area contributed by atoms with Crippen molar-refractivity contribution in [3.8, 4) is 5.82 Å². The first-order chi connectivity index (χ1) is 13.8. The van der Waals surface area contributed by atoms with Gasteiger partial charge in [-0.25, -0.2) is 9.37 Å². The van der Waals surface area contributed by atoms with Crippen LogP contribution in [0.15, 0.2) is 36.5 Å². The molecule has 9 heteroatoms. The Morgan fingerprint density at radius 3 is 2.76 bits per heavy atom. The molecule has 1 N–H and O–H groups in total. The summed E-state index contributed by atoms with van der Waals surface area (Å²) < 4.78 is 54.2. The Morgan fingerprint density at radius 2 is 2.00 bits per heavy atom. The number of nitrogens with zero attached hydrogens (tertiary/aromatic N) is 4. The van der Waals surface area contributed by atoms with Gasteiger partial charge in [0.15, 0.2) is 5.82 Å². The fourth-order valence-corrected chi connectivity index (χ4v) is 3.73. The Hall–Kier alpha value is -2.81. The first kappa shape index (κ1) is 19.5. The second-order valence-corrected chi connectivity index (χ2v) is 7.11. The van der Waals surface area contributed by atoms with Crippen LogP contribution in [0, 0.1) is 5.82 Å². The molecule has 3 aromatic rings. The molecule has 0 aliphatic heterocycles. The fourth-order valence-electron chi connectivity index (χ4n) is 3.73. The van der Waals surface area contributed by atoms with Gasteiger partial charge in [-0.05, 0) is 74.2 Å². The molecule has 1 aliphatic carbocycles. The van der Waals surface area contributed by atoms with E-state index < -0.39 is 17.6 Å². The van der Waals surface area contributed by atoms with Crippen molar-refractivity contribution in [1.29, 1.82) is 0 Å². The zero-order valence-corrected chi connectivity index (χ0v) is 15.7. The smallest absolute Gasteiger partial charge is 0.312 e. The maximum atomic E-state index is 13.7. The van der Waals surface area contributed by atoms with Crippen molar-refractivity contribution in [3.05, 3.63) is 70.4 Å². The Kier molecular flexibility index (Phi) is 5.08. The van der Waals surface area contributed by atoms with Gasteiger partial charge in [0, 0.05) is 6.20 Å². The lowest BCUT2D eigenvalue weighted by Crippen LogP contribution is -2.22. The lowest BCUT2D eigenvalue weighted by molar-refractivity contribution is -0.137. The standard InChI is InChI=1S/C20H19F4N5/c1-25-16-3-2-4-17-19(16)27-28-29(17)18-10-12(5-6-26-18)7-13-8-14(20(22,23)24)11-15(21)9-13/h5-6,8-11,16,25H,2-4,7H2,1H3. The summed E-state index contributed by atoms with van der Waals surface area (Å²) in [6, 6.07) is 6.17. The summed E-state index contributed by atoms with van der Waals surface area (Å²) in [5, 5.41) is 11.7. The van der Waals surface area contributed by atoms with Gasteiger partial charge in [-0.3, -0.25) is 0 Å². The van der Waals surface area contributed by atoms with Gasteiger partial charge in [-0.2, -0.15) is 17.9 Å². The molecule has 0 radical (unpaired) electrons. The molecule has 29 heavy (non-hydrogen) atoms. The molecule has 1 aromatic carbocycles. The van der Waals surface area contributed by atoms with Crippen LogP contribution in [0.2, 0.25) is 0 Å². The highest BCUT2D eigenvalue weighted by Gasteiger charge is 2.31. The number of benzene rings is 1. The normalized spacial score (nSPS) is 16.7. The summed E-state index contributed by atoms with van der Waals surface area (Å²) in [6.07, 6.45) is -0.0749. The predicted octanol–water partition coefficient (Wildman–Crippen LogP) is 4.01. The maximum Gasteiger partial charge on any atom is 0.416 e. The zero-order chi connectivity index (χ0) is 20.6. The molecule has 0 saturated heterocycles. The average Bonchev–Trinajstić information content (AvgIpc) is 3.11. The summed E-state index contributed by atoms with van der Waals surface area (Å²) in [5.41, 5.74) is 1.82. The van der Waals surface area contributed by atoms with E-state index in [1.54, 1.807) is 23.0 Å². The van der Waals surface area contributed by atoms with Crippen LogP contribution < -0.4 is 5.32 Å². The van der Waals surface area contributed by atoms with E-state index in [0.717, 1.165) is 42.8 Å². The Bertz CT molecular complexity index is 1030. The molecular weight excluding hydrogens is 386 g/mol. The number of nitrogens with one attached hydrogen (secondary N) is 1. The third kappa shape index (κ3) is 4.00. The van der Waals surface area contributed by atoms with E-state index >= 15 is 0 Å². The lowest BCUT2D eigenvalue weighted by Gasteiger charge is -2.20. The Morgan fingerprint density at radius 1 is 1.17 bits per heavy atom. The SMILES string of the molecule is CNC1CCCc2c1nnn2-c1cc(Cc2cc(F)cc(C(F)(F)F)c2)ccn1. The number of alkyl halides is 3. The minimum Gasteiger partial charge on any atom is -0.312 e. The van der Waals surface area contributed by atoms with Crippen molar-refractivity contribution >= 4 is 0 Å². The molecule has 1 unspecified atom stereocenters. The van der Waals surface area contributed by atoms with Crippen molar-refractivity contribution in [2.45, 2.75) is 37.9 Å². The summed E-state index contributed by atoms with van der Waals surface area (Å²) >= 11 is 0. The van der Waals surface area contributed by atoms with Crippen LogP contribution in [0.1, 0.15) is 47.0 Å². The van der Waals surface area contributed by atoms with Gasteiger partial charge in [0.1, 0.15) is 11.5 Å². The summed E-state index contributed by atoms with van der Waals surface area (Å²) in [6.45, 7) is 0. The van der Waals surface area contributed by atoms with E-state index in [0.29, 0.717) is 17.4 Å². The predicted molar refractivity (Wildman–Crippen MR) is 98.1 cm³/mol. The zero-order valence-electron chi connectivity index (χ0n) is 15.7. The van der Waals surface area contributed by atoms with Crippen LogP contribution in [0.5, 0.6) is 0 Å². The van der Waals surface area contributed by atoms with Crippen molar-refractivity contribution in [1.82, 2.24) is 25.3 Å². The Labute approximate surface area is 164 Å². The van der Waals surface area contributed by atoms with Gasteiger partial charge in [-0.15, -0.1) is 5.10 Å². The van der Waals surface area contributed by atoms with E-state index in [-0.39, 0.29) is 18.0 Å². The van der Waals surface area contributed by atoms with E-state index in [9.17, 15) is 17.6 Å². The monoisotopic (exact) mass is 405 g/mol. The summed E-state index contributed by atoms with van der Waals surface area (Å²) in [4.78, 5) is 4.34. The number of halogens is 4. The molecular formula is C20H19F4N5. The highest BCUT2D eigenvalue weighted by Crippen LogP contribution is 2.31. The van der Waals surface area contributed by atoms with Crippen LogP contribution in [0.3, 0.4) is 0 Å². The van der Waals surface area contributed by atoms with Crippen LogP contribution in [0.4, 0.5) is 17.6 Å². The van der Waals surface area contributed by atoms with Crippen LogP contribution in [-0.4, -0.2) is 27.0 Å². The summed E-state index contributed by atoms with van der Waals surface area (Å²) in [7, 11) is 1.88. The topological polar surface area (TPSA) is 55.6 Å². The molecule has 1 atom stereocenters. The summed E-state index contributed by atoms with van der Waals surface area (Å²) in [5.74, 6) is -0.368. The number of hydrogen-bond acceptors (Lipinski definition) is 4. The number of fused-ring (bicyclic) bond motifs is 1. The van der Waals surface area contributed by atoms with E-state index in [2.05, 4.69) is 20.6 Å². The van der Waals surface area contributed by atoms with Gasteiger partial charge in [0.25, 0.3) is 0 Å². The molecule has 152 valence electrons. The second-order valence-electron chi connectivity index (χ2n) is 7.11. The van der Waals surface area contributed by atoms with Crippen molar-refractivity contribution in [2.75, 3.05) is 7.05 Å². The van der Waals surface area contributed by atoms with Crippen LogP contribution in [-0.2, 0) is 19.0 Å². The number of pyridine rings is 1. The molecule has 0 amide bonds. The van der Waals surface area contributed by atoms with Gasteiger partial charge in [0.05, 0.1) is 17.3 Å². The quantitative estimate of drug-likeness (QED) is 0.667. The molecule has 1 aliphatic rings. The molecule has 2 aromatic heterocycles. The van der Waals surface area contributed by atoms with Gasteiger partial charge in [-0.1, -0.05) is 5.21 Å². The molecule has 4 rings (SSSR count). The number of aromatic nitrogens is 4. The lowest BCUT2D eigenvalue weighted by atomic mass is 9.96. The number of rotatable bonds is 4. The third-order valence-corrected chi connectivity index (χ3v) is 5.10. The minimum atomic E-state index is -4.59. The largest absolute Gasteiger partial charge is 0.416 e. The third-order valence-electron chi connectivity index (χ3n) is 5.10. The van der Waals surface area contributed by atoms with Gasteiger partial charge >= 0.3 is 6.18 Å². The first-order valence-corrected chi connectivity index (χ1v) is 9.29. The molecule has 0 fully saturated rings. The van der Waals surface area contributed by atoms with E-state index in [1.165, 1.54) is 0 Å². The first-order valence-electron chi connectivity index (χ1n) is 9.29. The van der Waals surface area contributed by atoms with Crippen LogP contribution in [0.25, 0.3) is 5.82 Å².